The summed E-state index contributed by atoms with van der Waals surface area (Å²) in [6, 6.07) is 6.65. The second-order valence-corrected chi connectivity index (χ2v) is 6.24. The standard InChI is InChI=1S/C13H22N2O4S/c1-19-11-9-15(8-10-16)20(17,18)13-4-2-12(3-5-13)6-7-14/h2-5,16H,6-11,14H2,1H3. The molecule has 0 amide bonds. The molecule has 6 nitrogen and oxygen atoms in total. The lowest BCUT2D eigenvalue weighted by Crippen LogP contribution is -2.36. The highest BCUT2D eigenvalue weighted by molar-refractivity contribution is 7.89. The van der Waals surface area contributed by atoms with Gasteiger partial charge in [-0.3, -0.25) is 0 Å². The van der Waals surface area contributed by atoms with Crippen LogP contribution in [0, 0.1) is 0 Å². The van der Waals surface area contributed by atoms with Crippen LogP contribution in [0.5, 0.6) is 0 Å². The van der Waals surface area contributed by atoms with Crippen molar-refractivity contribution in [2.24, 2.45) is 5.73 Å². The number of aliphatic hydroxyl groups is 1. The molecule has 0 aliphatic rings. The lowest BCUT2D eigenvalue weighted by atomic mass is 10.2. The van der Waals surface area contributed by atoms with E-state index in [9.17, 15) is 8.42 Å². The maximum atomic E-state index is 12.4. The highest BCUT2D eigenvalue weighted by Gasteiger charge is 2.23. The molecule has 0 heterocycles. The third-order valence-electron chi connectivity index (χ3n) is 2.89. The number of benzene rings is 1. The quantitative estimate of drug-likeness (QED) is 0.660. The van der Waals surface area contributed by atoms with Crippen LogP contribution < -0.4 is 5.73 Å². The van der Waals surface area contributed by atoms with Gasteiger partial charge in [-0.05, 0) is 30.7 Å². The number of nitrogens with two attached hydrogens (primary N) is 1. The van der Waals surface area contributed by atoms with Crippen LogP contribution in [0.2, 0.25) is 0 Å². The third-order valence-corrected chi connectivity index (χ3v) is 4.80. The second-order valence-electron chi connectivity index (χ2n) is 4.30. The molecular formula is C13H22N2O4S. The maximum Gasteiger partial charge on any atom is 0.243 e. The molecule has 114 valence electrons. The van der Waals surface area contributed by atoms with Crippen molar-refractivity contribution in [2.45, 2.75) is 11.3 Å². The summed E-state index contributed by atoms with van der Waals surface area (Å²) >= 11 is 0. The Kier molecular flexibility index (Phi) is 7.11. The summed E-state index contributed by atoms with van der Waals surface area (Å²) in [5.74, 6) is 0. The maximum absolute atomic E-state index is 12.4. The summed E-state index contributed by atoms with van der Waals surface area (Å²) in [6.07, 6.45) is 0.713. The van der Waals surface area contributed by atoms with Crippen molar-refractivity contribution in [3.63, 3.8) is 0 Å². The van der Waals surface area contributed by atoms with E-state index < -0.39 is 10.0 Å². The molecule has 0 saturated heterocycles. The van der Waals surface area contributed by atoms with Crippen molar-refractivity contribution < 1.29 is 18.3 Å². The van der Waals surface area contributed by atoms with Crippen molar-refractivity contribution in [3.8, 4) is 0 Å². The number of aliphatic hydroxyl groups excluding tert-OH is 1. The molecule has 0 atom stereocenters. The van der Waals surface area contributed by atoms with E-state index in [0.717, 1.165) is 5.56 Å². The number of sulfonamides is 1. The largest absolute Gasteiger partial charge is 0.395 e. The first-order valence-corrected chi connectivity index (χ1v) is 7.89. The number of nitrogens with zero attached hydrogens (tertiary/aromatic N) is 1. The SMILES string of the molecule is COCCN(CCO)S(=O)(=O)c1ccc(CCN)cc1. The van der Waals surface area contributed by atoms with Gasteiger partial charge in [0.1, 0.15) is 0 Å². The highest BCUT2D eigenvalue weighted by atomic mass is 32.2. The fourth-order valence-corrected chi connectivity index (χ4v) is 3.22. The van der Waals surface area contributed by atoms with Crippen molar-refractivity contribution in [1.82, 2.24) is 4.31 Å². The summed E-state index contributed by atoms with van der Waals surface area (Å²) in [5, 5.41) is 9.00. The molecule has 0 unspecified atom stereocenters. The molecule has 0 saturated carbocycles. The van der Waals surface area contributed by atoms with E-state index in [1.807, 2.05) is 0 Å². The first kappa shape index (κ1) is 17.1. The highest BCUT2D eigenvalue weighted by Crippen LogP contribution is 2.16. The average Bonchev–Trinajstić information content (AvgIpc) is 2.44. The smallest absolute Gasteiger partial charge is 0.243 e. The molecule has 0 radical (unpaired) electrons. The fraction of sp³-hybridized carbons (Fsp3) is 0.538. The van der Waals surface area contributed by atoms with Crippen LogP contribution in [0.15, 0.2) is 29.2 Å². The van der Waals surface area contributed by atoms with E-state index in [1.54, 1.807) is 24.3 Å². The predicted octanol–water partition coefficient (Wildman–Crippen LogP) is -0.183. The third kappa shape index (κ3) is 4.53. The minimum atomic E-state index is -3.61. The van der Waals surface area contributed by atoms with Crippen molar-refractivity contribution in [2.75, 3.05) is 40.0 Å². The van der Waals surface area contributed by atoms with Crippen LogP contribution in [0.25, 0.3) is 0 Å². The van der Waals surface area contributed by atoms with Gasteiger partial charge in [0.15, 0.2) is 0 Å². The van der Waals surface area contributed by atoms with Gasteiger partial charge in [-0.15, -0.1) is 0 Å². The van der Waals surface area contributed by atoms with Crippen LogP contribution in [0.3, 0.4) is 0 Å². The van der Waals surface area contributed by atoms with Gasteiger partial charge >= 0.3 is 0 Å². The Morgan fingerprint density at radius 2 is 1.90 bits per heavy atom. The second kappa shape index (κ2) is 8.33. The van der Waals surface area contributed by atoms with E-state index in [0.29, 0.717) is 13.0 Å². The van der Waals surface area contributed by atoms with E-state index in [1.165, 1.54) is 11.4 Å². The Morgan fingerprint density at radius 3 is 2.40 bits per heavy atom. The van der Waals surface area contributed by atoms with E-state index in [-0.39, 0.29) is 31.2 Å². The van der Waals surface area contributed by atoms with E-state index in [4.69, 9.17) is 15.6 Å². The fourth-order valence-electron chi connectivity index (χ4n) is 1.80. The zero-order valence-electron chi connectivity index (χ0n) is 11.7. The van der Waals surface area contributed by atoms with Gasteiger partial charge in [0.05, 0.1) is 18.1 Å². The molecule has 0 bridgehead atoms. The van der Waals surface area contributed by atoms with Crippen LogP contribution in [-0.4, -0.2) is 57.8 Å². The van der Waals surface area contributed by atoms with Crippen LogP contribution in [0.1, 0.15) is 5.56 Å². The minimum Gasteiger partial charge on any atom is -0.395 e. The molecule has 0 aliphatic carbocycles. The molecule has 0 spiro atoms. The van der Waals surface area contributed by atoms with Crippen LogP contribution in [0.4, 0.5) is 0 Å². The number of ether oxygens (including phenoxy) is 1. The monoisotopic (exact) mass is 302 g/mol. The topological polar surface area (TPSA) is 92.9 Å². The molecule has 1 aromatic rings. The Morgan fingerprint density at radius 1 is 1.25 bits per heavy atom. The molecule has 0 aromatic heterocycles. The number of hydrogen-bond donors (Lipinski definition) is 2. The first-order chi connectivity index (χ1) is 9.56. The summed E-state index contributed by atoms with van der Waals surface area (Å²) in [7, 11) is -2.10. The first-order valence-electron chi connectivity index (χ1n) is 6.45. The Labute approximate surface area is 120 Å². The Hall–Kier alpha value is -0.990. The average molecular weight is 302 g/mol. The summed E-state index contributed by atoms with van der Waals surface area (Å²) < 4.78 is 31.0. The van der Waals surface area contributed by atoms with Crippen LogP contribution in [-0.2, 0) is 21.2 Å². The van der Waals surface area contributed by atoms with Gasteiger partial charge in [-0.25, -0.2) is 8.42 Å². The predicted molar refractivity (Wildman–Crippen MR) is 76.9 cm³/mol. The molecule has 7 heteroatoms. The van der Waals surface area contributed by atoms with Crippen LogP contribution >= 0.6 is 0 Å². The molecule has 1 aromatic carbocycles. The van der Waals surface area contributed by atoms with Gasteiger partial charge in [0.2, 0.25) is 10.0 Å². The van der Waals surface area contributed by atoms with Crippen molar-refractivity contribution in [1.29, 1.82) is 0 Å². The lowest BCUT2D eigenvalue weighted by Gasteiger charge is -2.21. The number of hydrogen-bond acceptors (Lipinski definition) is 5. The van der Waals surface area contributed by atoms with Gasteiger partial charge < -0.3 is 15.6 Å². The number of rotatable bonds is 9. The normalized spacial score (nSPS) is 12.0. The van der Waals surface area contributed by atoms with E-state index >= 15 is 0 Å². The lowest BCUT2D eigenvalue weighted by molar-refractivity contribution is 0.168. The zero-order valence-corrected chi connectivity index (χ0v) is 12.5. The molecule has 20 heavy (non-hydrogen) atoms. The van der Waals surface area contributed by atoms with Gasteiger partial charge in [0, 0.05) is 20.2 Å². The van der Waals surface area contributed by atoms with Gasteiger partial charge in [0.25, 0.3) is 0 Å². The van der Waals surface area contributed by atoms with Crippen molar-refractivity contribution >= 4 is 10.0 Å². The summed E-state index contributed by atoms with van der Waals surface area (Å²) in [6.45, 7) is 0.843. The molecular weight excluding hydrogens is 280 g/mol. The zero-order chi connectivity index (χ0) is 15.0. The Balaban J connectivity index is 2.93. The molecule has 0 aliphatic heterocycles. The van der Waals surface area contributed by atoms with E-state index in [2.05, 4.69) is 0 Å². The number of methoxy groups -OCH3 is 1. The van der Waals surface area contributed by atoms with Gasteiger partial charge in [-0.1, -0.05) is 12.1 Å². The minimum absolute atomic E-state index is 0.0518. The Bertz CT molecular complexity index is 488. The molecule has 3 N–H and O–H groups in total. The molecule has 1 rings (SSSR count). The summed E-state index contributed by atoms with van der Waals surface area (Å²) in [5.41, 5.74) is 6.46. The molecule has 0 fully saturated rings. The van der Waals surface area contributed by atoms with Gasteiger partial charge in [-0.2, -0.15) is 4.31 Å². The summed E-state index contributed by atoms with van der Waals surface area (Å²) in [4.78, 5) is 0.211. The van der Waals surface area contributed by atoms with Crippen molar-refractivity contribution in [3.05, 3.63) is 29.8 Å².